The average Bonchev–Trinajstić information content (AvgIpc) is 1.83. The minimum atomic E-state index is -0.830. The first kappa shape index (κ1) is 10.7. The van der Waals surface area contributed by atoms with Gasteiger partial charge in [0.15, 0.2) is 0 Å². The maximum atomic E-state index is 2.63. The van der Waals surface area contributed by atoms with E-state index in [0.29, 0.717) is 9.52 Å². The smallest absolute Gasteiger partial charge is 0.0472 e. The third kappa shape index (κ3) is 1.40. The van der Waals surface area contributed by atoms with Gasteiger partial charge in [-0.25, -0.2) is 0 Å². The van der Waals surface area contributed by atoms with Crippen molar-refractivity contribution in [3.63, 3.8) is 0 Å². The Balaban J connectivity index is 2.99. The van der Waals surface area contributed by atoms with Crippen molar-refractivity contribution >= 4 is 25.7 Å². The minimum Gasteiger partial charge on any atom is -0.0694 e. The monoisotopic (exact) mass is 216 g/mol. The van der Waals surface area contributed by atoms with Crippen LogP contribution in [0.15, 0.2) is 0 Å². The molecule has 0 saturated carbocycles. The Hall–Kier alpha value is 0.651. The zero-order valence-corrected chi connectivity index (χ0v) is 13.0. The second-order valence-corrected chi connectivity index (χ2v) is 21.5. The largest absolute Gasteiger partial charge is 0.0694 e. The summed E-state index contributed by atoms with van der Waals surface area (Å²) in [7, 11) is -1.31. The summed E-state index contributed by atoms with van der Waals surface area (Å²) in [5.41, 5.74) is 3.41. The van der Waals surface area contributed by atoms with Gasteiger partial charge in [-0.15, -0.1) is 0 Å². The van der Waals surface area contributed by atoms with Crippen LogP contribution in [0.4, 0.5) is 0 Å². The molecule has 0 nitrogen and oxygen atoms in total. The Kier molecular flexibility index (Phi) is 2.52. The highest BCUT2D eigenvalue weighted by atomic mass is 28.4. The van der Waals surface area contributed by atoms with E-state index in [9.17, 15) is 0 Å². The molecule has 0 aromatic carbocycles. The molecule has 1 aliphatic heterocycles. The molecule has 1 fully saturated rings. The maximum absolute atomic E-state index is 2.63. The van der Waals surface area contributed by atoms with Gasteiger partial charge in [-0.2, -0.15) is 0 Å². The summed E-state index contributed by atoms with van der Waals surface area (Å²) in [5.74, 6) is 0. The fourth-order valence-corrected chi connectivity index (χ4v) is 26.5. The second kappa shape index (κ2) is 2.82. The van der Waals surface area contributed by atoms with Crippen LogP contribution < -0.4 is 0 Å². The van der Waals surface area contributed by atoms with Gasteiger partial charge in [0.2, 0.25) is 0 Å². The predicted molar refractivity (Wildman–Crippen MR) is 67.2 cm³/mol. The molecule has 0 N–H and O–H groups in total. The van der Waals surface area contributed by atoms with Crippen LogP contribution in [0.25, 0.3) is 0 Å². The van der Waals surface area contributed by atoms with Crippen LogP contribution in [-0.2, 0) is 0 Å². The molecule has 0 unspecified atom stereocenters. The Morgan fingerprint density at radius 3 is 1.50 bits per heavy atom. The molecule has 0 amide bonds. The zero-order valence-electron chi connectivity index (χ0n) is 9.62. The molecule has 0 aliphatic carbocycles. The van der Waals surface area contributed by atoms with Gasteiger partial charge in [0.25, 0.3) is 0 Å². The standard InChI is InChI=1S/C9H24Si3/c1-9(2)11(3,4)7-10-8-12(9,5)6/h7-8,10H2,1-6H3. The molecule has 1 heterocycles. The Bertz CT molecular complexity index is 164. The number of rotatable bonds is 0. The minimum absolute atomic E-state index is 0.355. The van der Waals surface area contributed by atoms with E-state index in [1.807, 2.05) is 0 Å². The van der Waals surface area contributed by atoms with Crippen molar-refractivity contribution in [2.24, 2.45) is 0 Å². The SMILES string of the molecule is CC1(C)[Si](C)(C)C[SiH2]C[Si]1(C)C. The highest BCUT2D eigenvalue weighted by Crippen LogP contribution is 2.51. The number of hydrogen-bond acceptors (Lipinski definition) is 0. The fourth-order valence-electron chi connectivity index (χ4n) is 2.51. The van der Waals surface area contributed by atoms with Crippen LogP contribution >= 0.6 is 0 Å². The first-order chi connectivity index (χ1) is 5.21. The molecule has 0 spiro atoms. The lowest BCUT2D eigenvalue weighted by Gasteiger charge is -2.54. The quantitative estimate of drug-likeness (QED) is 0.546. The maximum Gasteiger partial charge on any atom is 0.0472 e. The highest BCUT2D eigenvalue weighted by molar-refractivity contribution is 7.07. The van der Waals surface area contributed by atoms with Crippen molar-refractivity contribution in [2.45, 2.75) is 56.0 Å². The van der Waals surface area contributed by atoms with E-state index in [1.54, 1.807) is 11.3 Å². The topological polar surface area (TPSA) is 0 Å². The van der Waals surface area contributed by atoms with Crippen molar-refractivity contribution in [1.82, 2.24) is 0 Å². The van der Waals surface area contributed by atoms with Crippen molar-refractivity contribution in [3.05, 3.63) is 0 Å². The summed E-state index contributed by atoms with van der Waals surface area (Å²) in [6.07, 6.45) is 0. The van der Waals surface area contributed by atoms with Gasteiger partial charge in [0, 0.05) is 25.7 Å². The molecule has 0 bridgehead atoms. The van der Waals surface area contributed by atoms with Crippen molar-refractivity contribution in [2.75, 3.05) is 0 Å². The van der Waals surface area contributed by atoms with Crippen LogP contribution in [0.1, 0.15) is 13.8 Å². The molecule has 12 heavy (non-hydrogen) atoms. The molecule has 1 rings (SSSR count). The van der Waals surface area contributed by atoms with E-state index in [1.165, 1.54) is 0 Å². The molecule has 1 aliphatic rings. The molecule has 0 atom stereocenters. The van der Waals surface area contributed by atoms with E-state index < -0.39 is 16.1 Å². The molecule has 0 aromatic heterocycles. The van der Waals surface area contributed by atoms with Gasteiger partial charge in [0.1, 0.15) is 0 Å². The first-order valence-corrected chi connectivity index (χ1v) is 13.6. The molecule has 3 heteroatoms. The van der Waals surface area contributed by atoms with Crippen LogP contribution in [0.3, 0.4) is 0 Å². The van der Waals surface area contributed by atoms with Crippen LogP contribution in [0.5, 0.6) is 0 Å². The first-order valence-electron chi connectivity index (χ1n) is 5.21. The van der Waals surface area contributed by atoms with E-state index in [2.05, 4.69) is 40.0 Å². The van der Waals surface area contributed by atoms with Crippen LogP contribution in [0, 0.1) is 0 Å². The Morgan fingerprint density at radius 1 is 0.917 bits per heavy atom. The van der Waals surface area contributed by atoms with Crippen LogP contribution in [0.2, 0.25) is 42.2 Å². The van der Waals surface area contributed by atoms with E-state index in [0.717, 1.165) is 4.66 Å². The van der Waals surface area contributed by atoms with Gasteiger partial charge in [-0.1, -0.05) is 51.4 Å². The van der Waals surface area contributed by atoms with Crippen molar-refractivity contribution < 1.29 is 0 Å². The summed E-state index contributed by atoms with van der Waals surface area (Å²) in [4.78, 5) is 0. The summed E-state index contributed by atoms with van der Waals surface area (Å²) in [5, 5.41) is 0. The molecular formula is C9H24Si3. The normalized spacial score (nSPS) is 31.5. The lowest BCUT2D eigenvalue weighted by molar-refractivity contribution is 0.848. The zero-order chi connectivity index (χ0) is 9.62. The van der Waals surface area contributed by atoms with Gasteiger partial charge in [0.05, 0.1) is 0 Å². The molecule has 1 saturated heterocycles. The van der Waals surface area contributed by atoms with Gasteiger partial charge >= 0.3 is 0 Å². The summed E-state index contributed by atoms with van der Waals surface area (Å²) < 4.78 is 0.783. The van der Waals surface area contributed by atoms with Gasteiger partial charge in [-0.05, 0) is 4.66 Å². The third-order valence-electron chi connectivity index (χ3n) is 4.99. The van der Waals surface area contributed by atoms with Crippen molar-refractivity contribution in [3.8, 4) is 0 Å². The predicted octanol–water partition coefficient (Wildman–Crippen LogP) is 2.82. The van der Waals surface area contributed by atoms with Crippen molar-refractivity contribution in [1.29, 1.82) is 0 Å². The van der Waals surface area contributed by atoms with Gasteiger partial charge in [-0.3, -0.25) is 0 Å². The second-order valence-electron chi connectivity index (χ2n) is 6.25. The third-order valence-corrected chi connectivity index (χ3v) is 28.6. The van der Waals surface area contributed by atoms with E-state index in [4.69, 9.17) is 0 Å². The summed E-state index contributed by atoms with van der Waals surface area (Å²) in [6, 6.07) is 0. The average molecular weight is 217 g/mol. The van der Waals surface area contributed by atoms with Gasteiger partial charge < -0.3 is 0 Å². The van der Waals surface area contributed by atoms with E-state index in [-0.39, 0.29) is 0 Å². The molecule has 0 radical (unpaired) electrons. The summed E-state index contributed by atoms with van der Waals surface area (Å²) in [6.45, 7) is 15.7. The van der Waals surface area contributed by atoms with E-state index >= 15 is 0 Å². The fraction of sp³-hybridized carbons (Fsp3) is 1.00. The highest BCUT2D eigenvalue weighted by Gasteiger charge is 2.52. The lowest BCUT2D eigenvalue weighted by atomic mass is 10.5. The molecule has 0 aromatic rings. The molecular weight excluding hydrogens is 192 g/mol. The number of hydrogen-bond donors (Lipinski definition) is 0. The van der Waals surface area contributed by atoms with Crippen LogP contribution in [-0.4, -0.2) is 25.7 Å². The molecule has 72 valence electrons. The Morgan fingerprint density at radius 2 is 1.25 bits per heavy atom. The lowest BCUT2D eigenvalue weighted by Crippen LogP contribution is -2.59. The Labute approximate surface area is 82.0 Å². The summed E-state index contributed by atoms with van der Waals surface area (Å²) >= 11 is 0.